The molecule has 0 bridgehead atoms. The number of nitrogens with one attached hydrogen (secondary N) is 1. The second-order valence-corrected chi connectivity index (χ2v) is 7.74. The lowest BCUT2D eigenvalue weighted by molar-refractivity contribution is 0.600. The highest BCUT2D eigenvalue weighted by molar-refractivity contribution is 9.10. The smallest absolute Gasteiger partial charge is 0.262 e. The minimum Gasteiger partial charge on any atom is -0.398 e. The maximum absolute atomic E-state index is 12.5. The van der Waals surface area contributed by atoms with Gasteiger partial charge >= 0.3 is 0 Å². The Hall–Kier alpha value is -1.24. The monoisotopic (exact) mass is 388 g/mol. The fraction of sp³-hybridized carbons (Fsp3) is 0.143. The molecule has 0 aromatic heterocycles. The number of nitrogens with two attached hydrogens (primary N) is 1. The fourth-order valence-electron chi connectivity index (χ4n) is 1.96. The molecule has 0 atom stereocenters. The predicted octanol–water partition coefficient (Wildman–Crippen LogP) is 4.10. The first-order valence-corrected chi connectivity index (χ1v) is 8.70. The van der Waals surface area contributed by atoms with Crippen LogP contribution >= 0.6 is 27.5 Å². The number of anilines is 2. The first-order valence-electron chi connectivity index (χ1n) is 6.04. The molecule has 0 fully saturated rings. The van der Waals surface area contributed by atoms with Crippen LogP contribution in [0.3, 0.4) is 0 Å². The third-order valence-corrected chi connectivity index (χ3v) is 5.13. The highest BCUT2D eigenvalue weighted by Gasteiger charge is 2.19. The molecule has 2 rings (SSSR count). The van der Waals surface area contributed by atoms with E-state index >= 15 is 0 Å². The fourth-order valence-corrected chi connectivity index (χ4v) is 4.20. The van der Waals surface area contributed by atoms with Gasteiger partial charge in [0.2, 0.25) is 0 Å². The molecule has 0 heterocycles. The van der Waals surface area contributed by atoms with Crippen LogP contribution in [-0.2, 0) is 10.0 Å². The summed E-state index contributed by atoms with van der Waals surface area (Å²) in [6.45, 7) is 3.53. The minimum atomic E-state index is -3.76. The van der Waals surface area contributed by atoms with Gasteiger partial charge in [-0.3, -0.25) is 4.72 Å². The van der Waals surface area contributed by atoms with Crippen molar-refractivity contribution < 1.29 is 8.42 Å². The van der Waals surface area contributed by atoms with Crippen LogP contribution in [-0.4, -0.2) is 8.42 Å². The highest BCUT2D eigenvalue weighted by Crippen LogP contribution is 2.28. The van der Waals surface area contributed by atoms with Gasteiger partial charge in [-0.1, -0.05) is 27.5 Å². The summed E-state index contributed by atoms with van der Waals surface area (Å²) in [7, 11) is -3.76. The predicted molar refractivity (Wildman–Crippen MR) is 90.3 cm³/mol. The van der Waals surface area contributed by atoms with Crippen molar-refractivity contribution in [2.24, 2.45) is 0 Å². The lowest BCUT2D eigenvalue weighted by Gasteiger charge is -2.13. The van der Waals surface area contributed by atoms with Crippen molar-refractivity contribution >= 4 is 48.9 Å². The summed E-state index contributed by atoms with van der Waals surface area (Å²) in [4.78, 5) is 0.0742. The van der Waals surface area contributed by atoms with E-state index in [9.17, 15) is 8.42 Å². The molecule has 0 aliphatic rings. The van der Waals surface area contributed by atoms with Gasteiger partial charge in [-0.2, -0.15) is 0 Å². The largest absolute Gasteiger partial charge is 0.398 e. The summed E-state index contributed by atoms with van der Waals surface area (Å²) in [5.41, 5.74) is 7.99. The first kappa shape index (κ1) is 16.1. The Morgan fingerprint density at radius 1 is 1.14 bits per heavy atom. The van der Waals surface area contributed by atoms with E-state index in [0.29, 0.717) is 16.9 Å². The zero-order valence-electron chi connectivity index (χ0n) is 11.4. The van der Waals surface area contributed by atoms with Crippen LogP contribution in [0.4, 0.5) is 11.4 Å². The number of nitrogen functional groups attached to an aromatic ring is 1. The van der Waals surface area contributed by atoms with Crippen molar-refractivity contribution in [2.45, 2.75) is 18.7 Å². The SMILES string of the molecule is Cc1cc(Br)cc(NS(=O)(=O)c2cc(Cl)cc(N)c2C)c1. The molecule has 0 aliphatic carbocycles. The van der Waals surface area contributed by atoms with Gasteiger partial charge in [0.15, 0.2) is 0 Å². The van der Waals surface area contributed by atoms with Crippen LogP contribution in [0.5, 0.6) is 0 Å². The molecule has 4 nitrogen and oxygen atoms in total. The molecule has 0 saturated carbocycles. The molecule has 0 saturated heterocycles. The maximum atomic E-state index is 12.5. The van der Waals surface area contributed by atoms with Gasteiger partial charge in [-0.05, 0) is 55.3 Å². The van der Waals surface area contributed by atoms with Crippen molar-refractivity contribution in [1.82, 2.24) is 0 Å². The van der Waals surface area contributed by atoms with E-state index in [1.165, 1.54) is 12.1 Å². The van der Waals surface area contributed by atoms with Crippen LogP contribution in [0.25, 0.3) is 0 Å². The lowest BCUT2D eigenvalue weighted by Crippen LogP contribution is -2.15. The lowest BCUT2D eigenvalue weighted by atomic mass is 10.2. The number of aryl methyl sites for hydroxylation is 1. The molecule has 0 spiro atoms. The van der Waals surface area contributed by atoms with Gasteiger partial charge in [-0.15, -0.1) is 0 Å². The van der Waals surface area contributed by atoms with E-state index in [1.54, 1.807) is 19.1 Å². The number of rotatable bonds is 3. The number of halogens is 2. The third kappa shape index (κ3) is 3.70. The summed E-state index contributed by atoms with van der Waals surface area (Å²) < 4.78 is 28.4. The van der Waals surface area contributed by atoms with Crippen LogP contribution < -0.4 is 10.5 Å². The first-order chi connectivity index (χ1) is 9.69. The molecule has 21 heavy (non-hydrogen) atoms. The Balaban J connectivity index is 2.48. The van der Waals surface area contributed by atoms with Gasteiger partial charge < -0.3 is 5.73 Å². The van der Waals surface area contributed by atoms with Gasteiger partial charge in [0.25, 0.3) is 10.0 Å². The second kappa shape index (κ2) is 5.87. The average molecular weight is 390 g/mol. The molecular weight excluding hydrogens is 376 g/mol. The molecule has 2 aromatic carbocycles. The molecule has 3 N–H and O–H groups in total. The topological polar surface area (TPSA) is 72.2 Å². The Labute approximate surface area is 137 Å². The summed E-state index contributed by atoms with van der Waals surface area (Å²) >= 11 is 9.24. The zero-order valence-corrected chi connectivity index (χ0v) is 14.6. The third-order valence-electron chi connectivity index (χ3n) is 2.95. The Morgan fingerprint density at radius 3 is 2.43 bits per heavy atom. The Kier molecular flexibility index (Phi) is 4.51. The Bertz CT molecular complexity index is 787. The zero-order chi connectivity index (χ0) is 15.8. The summed E-state index contributed by atoms with van der Waals surface area (Å²) in [5.74, 6) is 0. The van der Waals surface area contributed by atoms with Gasteiger partial charge in [0.1, 0.15) is 0 Å². The molecule has 0 unspecified atom stereocenters. The number of hydrogen-bond acceptors (Lipinski definition) is 3. The molecule has 2 aromatic rings. The molecule has 112 valence electrons. The molecule has 0 radical (unpaired) electrons. The van der Waals surface area contributed by atoms with Crippen molar-refractivity contribution in [1.29, 1.82) is 0 Å². The number of hydrogen-bond donors (Lipinski definition) is 2. The van der Waals surface area contributed by atoms with E-state index < -0.39 is 10.0 Å². The highest BCUT2D eigenvalue weighted by atomic mass is 79.9. The molecule has 0 aliphatic heterocycles. The number of benzene rings is 2. The maximum Gasteiger partial charge on any atom is 0.262 e. The standard InChI is InChI=1S/C14H14BrClN2O2S/c1-8-3-10(15)5-12(4-8)18-21(19,20)14-7-11(16)6-13(17)9(14)2/h3-7,18H,17H2,1-2H3. The van der Waals surface area contributed by atoms with E-state index in [4.69, 9.17) is 17.3 Å². The number of sulfonamides is 1. The van der Waals surface area contributed by atoms with E-state index in [1.807, 2.05) is 13.0 Å². The van der Waals surface area contributed by atoms with Crippen LogP contribution in [0.2, 0.25) is 5.02 Å². The van der Waals surface area contributed by atoms with Crippen molar-refractivity contribution in [2.75, 3.05) is 10.5 Å². The summed E-state index contributed by atoms with van der Waals surface area (Å²) in [5, 5.41) is 0.281. The van der Waals surface area contributed by atoms with E-state index in [2.05, 4.69) is 20.7 Å². The van der Waals surface area contributed by atoms with Crippen LogP contribution in [0.1, 0.15) is 11.1 Å². The quantitative estimate of drug-likeness (QED) is 0.776. The van der Waals surface area contributed by atoms with Crippen molar-refractivity contribution in [3.8, 4) is 0 Å². The molecular formula is C14H14BrClN2O2S. The normalized spacial score (nSPS) is 11.4. The van der Waals surface area contributed by atoms with E-state index in [0.717, 1.165) is 10.0 Å². The van der Waals surface area contributed by atoms with Gasteiger partial charge in [-0.25, -0.2) is 8.42 Å². The molecule has 7 heteroatoms. The second-order valence-electron chi connectivity index (χ2n) is 4.74. The summed E-state index contributed by atoms with van der Waals surface area (Å²) in [6.07, 6.45) is 0. The van der Waals surface area contributed by atoms with E-state index in [-0.39, 0.29) is 9.92 Å². The van der Waals surface area contributed by atoms with Crippen molar-refractivity contribution in [3.63, 3.8) is 0 Å². The van der Waals surface area contributed by atoms with Crippen LogP contribution in [0.15, 0.2) is 39.7 Å². The van der Waals surface area contributed by atoms with Crippen LogP contribution in [0, 0.1) is 13.8 Å². The molecule has 0 amide bonds. The summed E-state index contributed by atoms with van der Waals surface area (Å²) in [6, 6.07) is 8.24. The average Bonchev–Trinajstić information content (AvgIpc) is 2.31. The minimum absolute atomic E-state index is 0.0742. The Morgan fingerprint density at radius 2 is 1.81 bits per heavy atom. The van der Waals surface area contributed by atoms with Gasteiger partial charge in [0.05, 0.1) is 10.6 Å². The van der Waals surface area contributed by atoms with Gasteiger partial charge in [0, 0.05) is 15.2 Å². The van der Waals surface area contributed by atoms with Crippen molar-refractivity contribution in [3.05, 3.63) is 51.0 Å².